The molecule has 3 rings (SSSR count). The summed E-state index contributed by atoms with van der Waals surface area (Å²) in [4.78, 5) is 26.5. The average Bonchev–Trinajstić information content (AvgIpc) is 3.12. The van der Waals surface area contributed by atoms with E-state index in [0.29, 0.717) is 10.7 Å². The van der Waals surface area contributed by atoms with E-state index in [0.717, 1.165) is 10.9 Å². The molecule has 0 bridgehead atoms. The predicted molar refractivity (Wildman–Crippen MR) is 76.9 cm³/mol. The summed E-state index contributed by atoms with van der Waals surface area (Å²) in [6, 6.07) is 9.96. The van der Waals surface area contributed by atoms with Gasteiger partial charge in [-0.25, -0.2) is 0 Å². The Hall–Kier alpha value is -2.73. The smallest absolute Gasteiger partial charge is 0.305 e. The van der Waals surface area contributed by atoms with Crippen LogP contribution in [0.3, 0.4) is 0 Å². The summed E-state index contributed by atoms with van der Waals surface area (Å²) in [6.45, 7) is 0. The summed E-state index contributed by atoms with van der Waals surface area (Å²) >= 11 is 5.89. The lowest BCUT2D eigenvalue weighted by Crippen LogP contribution is -2.41. The summed E-state index contributed by atoms with van der Waals surface area (Å²) in [5, 5.41) is 1.39. The maximum absolute atomic E-state index is 12.0. The molecule has 0 atom stereocenters. The van der Waals surface area contributed by atoms with Crippen molar-refractivity contribution in [3.63, 3.8) is 0 Å². The fraction of sp³-hybridized carbons (Fsp3) is 0. The fourth-order valence-corrected chi connectivity index (χ4v) is 2.06. The number of carbonyl (C=O) groups is 2. The lowest BCUT2D eigenvalue weighted by atomic mass is 10.2. The molecule has 2 amide bonds. The van der Waals surface area contributed by atoms with Crippen LogP contribution in [-0.2, 0) is 0 Å². The summed E-state index contributed by atoms with van der Waals surface area (Å²) < 4.78 is 4.91. The molecule has 0 saturated heterocycles. The number of aromatic nitrogens is 1. The maximum Gasteiger partial charge on any atom is 0.305 e. The first-order valence-corrected chi connectivity index (χ1v) is 6.44. The number of benzene rings is 1. The molecule has 2 aromatic heterocycles. The number of furan rings is 1. The van der Waals surface area contributed by atoms with E-state index in [4.69, 9.17) is 16.0 Å². The van der Waals surface area contributed by atoms with Crippen LogP contribution in [0.15, 0.2) is 47.1 Å². The first-order chi connectivity index (χ1) is 10.1. The number of hydrazine groups is 1. The van der Waals surface area contributed by atoms with Crippen molar-refractivity contribution in [2.45, 2.75) is 0 Å². The minimum Gasteiger partial charge on any atom is -0.459 e. The fourth-order valence-electron chi connectivity index (χ4n) is 1.88. The minimum absolute atomic E-state index is 0.110. The lowest BCUT2D eigenvalue weighted by Gasteiger charge is -2.03. The highest BCUT2D eigenvalue weighted by molar-refractivity contribution is 6.31. The highest BCUT2D eigenvalue weighted by Crippen LogP contribution is 2.19. The Balaban J connectivity index is 1.70. The van der Waals surface area contributed by atoms with E-state index >= 15 is 0 Å². The highest BCUT2D eigenvalue weighted by atomic mass is 35.5. The Kier molecular flexibility index (Phi) is 3.37. The van der Waals surface area contributed by atoms with Crippen molar-refractivity contribution in [2.75, 3.05) is 0 Å². The molecule has 0 radical (unpaired) electrons. The second-order valence-electron chi connectivity index (χ2n) is 4.30. The van der Waals surface area contributed by atoms with Crippen LogP contribution < -0.4 is 10.9 Å². The zero-order chi connectivity index (χ0) is 14.8. The number of amides is 2. The summed E-state index contributed by atoms with van der Waals surface area (Å²) in [5.74, 6) is -0.895. The molecule has 0 aliphatic carbocycles. The Morgan fingerprint density at radius 1 is 1.10 bits per heavy atom. The third-order valence-corrected chi connectivity index (χ3v) is 3.10. The number of hydrogen-bond donors (Lipinski definition) is 3. The normalized spacial score (nSPS) is 10.5. The first-order valence-electron chi connectivity index (χ1n) is 6.06. The summed E-state index contributed by atoms with van der Waals surface area (Å²) in [5.41, 5.74) is 5.65. The number of nitrogens with one attached hydrogen (secondary N) is 3. The Morgan fingerprint density at radius 3 is 2.67 bits per heavy atom. The van der Waals surface area contributed by atoms with Crippen molar-refractivity contribution < 1.29 is 14.0 Å². The van der Waals surface area contributed by atoms with E-state index in [2.05, 4.69) is 15.8 Å². The standard InChI is InChI=1S/C14H10ClN3O3/c15-9-3-4-10-8(6-9)7-11(16-10)13(19)17-18-14(20)12-2-1-5-21-12/h1-7,16H,(H,17,19)(H,18,20). The predicted octanol–water partition coefficient (Wildman–Crippen LogP) is 2.49. The molecule has 6 nitrogen and oxygen atoms in total. The topological polar surface area (TPSA) is 87.1 Å². The van der Waals surface area contributed by atoms with Gasteiger partial charge in [0.05, 0.1) is 6.26 Å². The van der Waals surface area contributed by atoms with Crippen LogP contribution in [0.25, 0.3) is 10.9 Å². The molecule has 0 fully saturated rings. The number of carbonyl (C=O) groups excluding carboxylic acids is 2. The molecule has 0 aliphatic rings. The second kappa shape index (κ2) is 5.34. The van der Waals surface area contributed by atoms with Gasteiger partial charge in [0.25, 0.3) is 5.91 Å². The van der Waals surface area contributed by atoms with E-state index in [1.165, 1.54) is 12.3 Å². The number of hydrogen-bond acceptors (Lipinski definition) is 3. The van der Waals surface area contributed by atoms with Crippen molar-refractivity contribution in [1.82, 2.24) is 15.8 Å². The maximum atomic E-state index is 12.0. The lowest BCUT2D eigenvalue weighted by molar-refractivity contribution is 0.0829. The zero-order valence-electron chi connectivity index (χ0n) is 10.6. The van der Waals surface area contributed by atoms with Crippen molar-refractivity contribution in [3.05, 3.63) is 59.1 Å². The molecular weight excluding hydrogens is 294 g/mol. The SMILES string of the molecule is O=C(NNC(=O)c1ccco1)c1cc2cc(Cl)ccc2[nH]1. The van der Waals surface area contributed by atoms with Gasteiger partial charge in [0, 0.05) is 15.9 Å². The van der Waals surface area contributed by atoms with Crippen molar-refractivity contribution >= 4 is 34.3 Å². The van der Waals surface area contributed by atoms with Crippen molar-refractivity contribution in [1.29, 1.82) is 0 Å². The Bertz CT molecular complexity index is 808. The average molecular weight is 304 g/mol. The van der Waals surface area contributed by atoms with Crippen LogP contribution >= 0.6 is 11.6 Å². The molecule has 106 valence electrons. The van der Waals surface area contributed by atoms with Crippen LogP contribution in [0.1, 0.15) is 21.0 Å². The van der Waals surface area contributed by atoms with Gasteiger partial charge >= 0.3 is 5.91 Å². The molecule has 2 heterocycles. The van der Waals surface area contributed by atoms with Gasteiger partial charge in [0.2, 0.25) is 0 Å². The number of halogens is 1. The third-order valence-electron chi connectivity index (χ3n) is 2.86. The van der Waals surface area contributed by atoms with Crippen LogP contribution in [-0.4, -0.2) is 16.8 Å². The first kappa shape index (κ1) is 13.3. The molecule has 3 aromatic rings. The van der Waals surface area contributed by atoms with Gasteiger partial charge in [0.1, 0.15) is 5.69 Å². The molecule has 0 unspecified atom stereocenters. The Labute approximate surface area is 124 Å². The number of aromatic amines is 1. The molecule has 3 N–H and O–H groups in total. The Morgan fingerprint density at radius 2 is 1.90 bits per heavy atom. The van der Waals surface area contributed by atoms with Gasteiger partial charge < -0.3 is 9.40 Å². The van der Waals surface area contributed by atoms with Gasteiger partial charge in [-0.15, -0.1) is 0 Å². The molecular formula is C14H10ClN3O3. The highest BCUT2D eigenvalue weighted by Gasteiger charge is 2.12. The largest absolute Gasteiger partial charge is 0.459 e. The van der Waals surface area contributed by atoms with E-state index in [9.17, 15) is 9.59 Å². The molecule has 1 aromatic carbocycles. The third kappa shape index (κ3) is 2.75. The summed E-state index contributed by atoms with van der Waals surface area (Å²) in [6.07, 6.45) is 1.37. The molecule has 7 heteroatoms. The van der Waals surface area contributed by atoms with Gasteiger partial charge in [-0.3, -0.25) is 20.4 Å². The van der Waals surface area contributed by atoms with Gasteiger partial charge in [-0.05, 0) is 36.4 Å². The summed E-state index contributed by atoms with van der Waals surface area (Å²) in [7, 11) is 0. The van der Waals surface area contributed by atoms with Gasteiger partial charge in [0.15, 0.2) is 5.76 Å². The zero-order valence-corrected chi connectivity index (χ0v) is 11.4. The van der Waals surface area contributed by atoms with Gasteiger partial charge in [-0.1, -0.05) is 11.6 Å². The van der Waals surface area contributed by atoms with E-state index in [1.807, 2.05) is 0 Å². The van der Waals surface area contributed by atoms with Crippen LogP contribution in [0.5, 0.6) is 0 Å². The van der Waals surface area contributed by atoms with E-state index in [1.54, 1.807) is 30.3 Å². The molecule has 0 saturated carbocycles. The van der Waals surface area contributed by atoms with Gasteiger partial charge in [-0.2, -0.15) is 0 Å². The van der Waals surface area contributed by atoms with Crippen molar-refractivity contribution in [3.8, 4) is 0 Å². The van der Waals surface area contributed by atoms with Crippen LogP contribution in [0.4, 0.5) is 0 Å². The molecule has 21 heavy (non-hydrogen) atoms. The minimum atomic E-state index is -0.535. The van der Waals surface area contributed by atoms with Crippen molar-refractivity contribution in [2.24, 2.45) is 0 Å². The van der Waals surface area contributed by atoms with E-state index in [-0.39, 0.29) is 5.76 Å². The number of rotatable bonds is 2. The number of fused-ring (bicyclic) bond motifs is 1. The van der Waals surface area contributed by atoms with Crippen LogP contribution in [0, 0.1) is 0 Å². The molecule has 0 aliphatic heterocycles. The monoisotopic (exact) mass is 303 g/mol. The quantitative estimate of drug-likeness (QED) is 0.636. The molecule has 0 spiro atoms. The van der Waals surface area contributed by atoms with Crippen LogP contribution in [0.2, 0.25) is 5.02 Å². The number of H-pyrrole nitrogens is 1. The second-order valence-corrected chi connectivity index (χ2v) is 4.74. The van der Waals surface area contributed by atoms with E-state index < -0.39 is 11.8 Å².